The first kappa shape index (κ1) is 18.2. The second kappa shape index (κ2) is 9.23. The quantitative estimate of drug-likeness (QED) is 0.725. The van der Waals surface area contributed by atoms with Crippen molar-refractivity contribution < 1.29 is 19.0 Å². The van der Waals surface area contributed by atoms with Gasteiger partial charge in [-0.05, 0) is 33.6 Å². The minimum atomic E-state index is -0.425. The lowest BCUT2D eigenvalue weighted by Gasteiger charge is -2.33. The number of likely N-dealkylation sites (tertiary alicyclic amines) is 1. The van der Waals surface area contributed by atoms with Crippen LogP contribution in [0.1, 0.15) is 33.6 Å². The third-order valence-electron chi connectivity index (χ3n) is 3.26. The Morgan fingerprint density at radius 1 is 1.19 bits per heavy atom. The number of carbonyl (C=O) groups is 1. The van der Waals surface area contributed by atoms with Gasteiger partial charge in [-0.15, -0.1) is 0 Å². The zero-order valence-electron chi connectivity index (χ0n) is 13.8. The van der Waals surface area contributed by atoms with E-state index in [4.69, 9.17) is 14.2 Å². The lowest BCUT2D eigenvalue weighted by atomic mass is 10.1. The predicted molar refractivity (Wildman–Crippen MR) is 81.5 cm³/mol. The molecule has 21 heavy (non-hydrogen) atoms. The first-order valence-corrected chi connectivity index (χ1v) is 7.70. The van der Waals surface area contributed by atoms with Crippen molar-refractivity contribution in [1.29, 1.82) is 0 Å². The number of hydrogen-bond acceptors (Lipinski definition) is 5. The van der Waals surface area contributed by atoms with E-state index in [9.17, 15) is 4.79 Å². The van der Waals surface area contributed by atoms with Crippen LogP contribution in [0.5, 0.6) is 0 Å². The molecular weight excluding hydrogens is 272 g/mol. The molecule has 1 heterocycles. The Morgan fingerprint density at radius 2 is 1.86 bits per heavy atom. The third-order valence-corrected chi connectivity index (χ3v) is 3.26. The Labute approximate surface area is 128 Å². The summed E-state index contributed by atoms with van der Waals surface area (Å²) in [6, 6.07) is 0.453. The van der Waals surface area contributed by atoms with Crippen LogP contribution in [-0.4, -0.2) is 69.2 Å². The molecule has 0 atom stereocenters. The van der Waals surface area contributed by atoms with E-state index in [1.807, 2.05) is 20.8 Å². The molecule has 0 aromatic rings. The van der Waals surface area contributed by atoms with E-state index in [-0.39, 0.29) is 6.09 Å². The number of ether oxygens (including phenoxy) is 3. The Morgan fingerprint density at radius 3 is 2.43 bits per heavy atom. The first-order valence-electron chi connectivity index (χ1n) is 7.70. The highest BCUT2D eigenvalue weighted by atomic mass is 16.6. The van der Waals surface area contributed by atoms with Gasteiger partial charge in [-0.25, -0.2) is 4.79 Å². The minimum Gasteiger partial charge on any atom is -0.444 e. The second-order valence-electron chi connectivity index (χ2n) is 6.30. The summed E-state index contributed by atoms with van der Waals surface area (Å²) in [5, 5.41) is 3.46. The van der Waals surface area contributed by atoms with E-state index < -0.39 is 5.60 Å². The van der Waals surface area contributed by atoms with Crippen molar-refractivity contribution in [2.24, 2.45) is 0 Å². The molecule has 0 aromatic heterocycles. The van der Waals surface area contributed by atoms with Gasteiger partial charge >= 0.3 is 6.09 Å². The maximum atomic E-state index is 11.9. The van der Waals surface area contributed by atoms with Crippen LogP contribution in [-0.2, 0) is 14.2 Å². The van der Waals surface area contributed by atoms with Gasteiger partial charge in [0.2, 0.25) is 0 Å². The average molecular weight is 302 g/mol. The van der Waals surface area contributed by atoms with Gasteiger partial charge in [-0.2, -0.15) is 0 Å². The van der Waals surface area contributed by atoms with Crippen molar-refractivity contribution in [3.05, 3.63) is 0 Å². The van der Waals surface area contributed by atoms with E-state index in [2.05, 4.69) is 5.32 Å². The summed E-state index contributed by atoms with van der Waals surface area (Å²) < 4.78 is 15.7. The molecule has 1 aliphatic heterocycles. The molecule has 0 radical (unpaired) electrons. The summed E-state index contributed by atoms with van der Waals surface area (Å²) in [7, 11) is 1.67. The van der Waals surface area contributed by atoms with Crippen molar-refractivity contribution in [3.8, 4) is 0 Å². The summed E-state index contributed by atoms with van der Waals surface area (Å²) in [6.45, 7) is 9.96. The molecular formula is C15H30N2O4. The molecule has 1 N–H and O–H groups in total. The Bertz CT molecular complexity index is 297. The molecule has 0 bridgehead atoms. The van der Waals surface area contributed by atoms with Gasteiger partial charge in [0, 0.05) is 32.8 Å². The molecule has 0 aliphatic carbocycles. The van der Waals surface area contributed by atoms with Gasteiger partial charge in [0.25, 0.3) is 0 Å². The number of piperidine rings is 1. The number of methoxy groups -OCH3 is 1. The number of hydrogen-bond donors (Lipinski definition) is 1. The van der Waals surface area contributed by atoms with Gasteiger partial charge in [-0.1, -0.05) is 0 Å². The molecule has 0 unspecified atom stereocenters. The van der Waals surface area contributed by atoms with Crippen LogP contribution < -0.4 is 5.32 Å². The van der Waals surface area contributed by atoms with Gasteiger partial charge in [-0.3, -0.25) is 0 Å². The van der Waals surface area contributed by atoms with E-state index >= 15 is 0 Å². The molecule has 124 valence electrons. The number of nitrogens with one attached hydrogen (secondary N) is 1. The summed E-state index contributed by atoms with van der Waals surface area (Å²) in [4.78, 5) is 13.7. The highest BCUT2D eigenvalue weighted by Gasteiger charge is 2.26. The number of nitrogens with zero attached hydrogens (tertiary/aromatic N) is 1. The summed E-state index contributed by atoms with van der Waals surface area (Å²) in [5.74, 6) is 0. The molecule has 1 saturated heterocycles. The molecule has 0 saturated carbocycles. The van der Waals surface area contributed by atoms with E-state index in [0.29, 0.717) is 25.9 Å². The summed E-state index contributed by atoms with van der Waals surface area (Å²) in [5.41, 5.74) is -0.425. The Balaban J connectivity index is 2.10. The molecule has 1 rings (SSSR count). The monoisotopic (exact) mass is 302 g/mol. The second-order valence-corrected chi connectivity index (χ2v) is 6.30. The molecule has 1 aliphatic rings. The van der Waals surface area contributed by atoms with Crippen molar-refractivity contribution in [2.45, 2.75) is 45.3 Å². The smallest absolute Gasteiger partial charge is 0.410 e. The fraction of sp³-hybridized carbons (Fsp3) is 0.933. The van der Waals surface area contributed by atoms with Gasteiger partial charge in [0.05, 0.1) is 19.8 Å². The number of rotatable bonds is 7. The predicted octanol–water partition coefficient (Wildman–Crippen LogP) is 1.64. The molecule has 0 aromatic carbocycles. The van der Waals surface area contributed by atoms with Crippen LogP contribution >= 0.6 is 0 Å². The molecule has 6 heteroatoms. The molecule has 6 nitrogen and oxygen atoms in total. The maximum Gasteiger partial charge on any atom is 0.410 e. The average Bonchev–Trinajstić information content (AvgIpc) is 2.41. The van der Waals surface area contributed by atoms with E-state index in [0.717, 1.165) is 32.5 Å². The summed E-state index contributed by atoms with van der Waals surface area (Å²) in [6.07, 6.45) is 1.71. The van der Waals surface area contributed by atoms with Crippen LogP contribution in [0.25, 0.3) is 0 Å². The van der Waals surface area contributed by atoms with Crippen LogP contribution in [0.4, 0.5) is 4.79 Å². The van der Waals surface area contributed by atoms with Crippen LogP contribution in [0.2, 0.25) is 0 Å². The zero-order chi connectivity index (χ0) is 15.7. The Kier molecular flexibility index (Phi) is 8.00. The highest BCUT2D eigenvalue weighted by Crippen LogP contribution is 2.15. The largest absolute Gasteiger partial charge is 0.444 e. The maximum absolute atomic E-state index is 11.9. The number of amides is 1. The number of carbonyl (C=O) groups excluding carboxylic acids is 1. The highest BCUT2D eigenvalue weighted by molar-refractivity contribution is 5.68. The SMILES string of the molecule is COCCOCCNC1CCN(C(=O)OC(C)(C)C)CC1. The topological polar surface area (TPSA) is 60.0 Å². The van der Waals surface area contributed by atoms with Gasteiger partial charge in [0.15, 0.2) is 0 Å². The third kappa shape index (κ3) is 8.24. The van der Waals surface area contributed by atoms with Crippen LogP contribution in [0, 0.1) is 0 Å². The van der Waals surface area contributed by atoms with Crippen LogP contribution in [0.15, 0.2) is 0 Å². The molecule has 1 amide bonds. The van der Waals surface area contributed by atoms with E-state index in [1.165, 1.54) is 0 Å². The van der Waals surface area contributed by atoms with Gasteiger partial charge in [0.1, 0.15) is 5.60 Å². The normalized spacial score (nSPS) is 17.0. The van der Waals surface area contributed by atoms with Crippen LogP contribution in [0.3, 0.4) is 0 Å². The standard InChI is InChI=1S/C15H30N2O4/c1-15(2,3)21-14(18)17-8-5-13(6-9-17)16-7-10-20-12-11-19-4/h13,16H,5-12H2,1-4H3. The fourth-order valence-electron chi connectivity index (χ4n) is 2.17. The lowest BCUT2D eigenvalue weighted by molar-refractivity contribution is 0.0194. The molecule has 1 fully saturated rings. The fourth-order valence-corrected chi connectivity index (χ4v) is 2.17. The van der Waals surface area contributed by atoms with Crippen molar-refractivity contribution in [1.82, 2.24) is 10.2 Å². The summed E-state index contributed by atoms with van der Waals surface area (Å²) >= 11 is 0. The van der Waals surface area contributed by atoms with Gasteiger partial charge < -0.3 is 24.4 Å². The zero-order valence-corrected chi connectivity index (χ0v) is 13.8. The van der Waals surface area contributed by atoms with Crippen molar-refractivity contribution in [3.63, 3.8) is 0 Å². The lowest BCUT2D eigenvalue weighted by Crippen LogP contribution is -2.47. The minimum absolute atomic E-state index is 0.205. The molecule has 0 spiro atoms. The van der Waals surface area contributed by atoms with E-state index in [1.54, 1.807) is 12.0 Å². The van der Waals surface area contributed by atoms with Crippen molar-refractivity contribution in [2.75, 3.05) is 46.6 Å². The Hall–Kier alpha value is -0.850. The van der Waals surface area contributed by atoms with Crippen molar-refractivity contribution >= 4 is 6.09 Å². The first-order chi connectivity index (χ1) is 9.92.